The molecule has 0 aliphatic carbocycles. The van der Waals surface area contributed by atoms with E-state index in [0.29, 0.717) is 5.95 Å². The van der Waals surface area contributed by atoms with Crippen LogP contribution in [0.1, 0.15) is 0 Å². The molecule has 1 heterocycles. The van der Waals surface area contributed by atoms with Crippen LogP contribution in [0.4, 0.5) is 5.95 Å². The Morgan fingerprint density at radius 3 is 2.10 bits per heavy atom. The molecular weight excluding hydrogens is 246 g/mol. The topological polar surface area (TPSA) is 37.8 Å². The molecule has 0 aliphatic heterocycles. The van der Waals surface area contributed by atoms with Crippen LogP contribution in [0.5, 0.6) is 0 Å². The maximum Gasteiger partial charge on any atom is 0.222 e. The fraction of sp³-hybridized carbons (Fsp3) is 0.0588. The van der Waals surface area contributed by atoms with Crippen LogP contribution >= 0.6 is 0 Å². The van der Waals surface area contributed by atoms with Crippen molar-refractivity contribution >= 4 is 5.95 Å². The van der Waals surface area contributed by atoms with Crippen LogP contribution in [0.2, 0.25) is 0 Å². The van der Waals surface area contributed by atoms with Gasteiger partial charge in [0.2, 0.25) is 5.95 Å². The van der Waals surface area contributed by atoms with E-state index >= 15 is 0 Å². The first-order chi connectivity index (χ1) is 9.86. The van der Waals surface area contributed by atoms with Crippen LogP contribution in [0.25, 0.3) is 22.4 Å². The zero-order valence-electron chi connectivity index (χ0n) is 11.2. The molecule has 0 saturated carbocycles. The van der Waals surface area contributed by atoms with E-state index in [-0.39, 0.29) is 0 Å². The third-order valence-electron chi connectivity index (χ3n) is 3.17. The highest BCUT2D eigenvalue weighted by atomic mass is 15.1. The number of anilines is 1. The Labute approximate surface area is 118 Å². The molecule has 0 radical (unpaired) electrons. The number of aromatic nitrogens is 2. The molecule has 3 rings (SSSR count). The van der Waals surface area contributed by atoms with E-state index in [2.05, 4.69) is 51.7 Å². The Hall–Kier alpha value is -2.68. The molecule has 0 atom stereocenters. The highest BCUT2D eigenvalue weighted by Crippen LogP contribution is 2.23. The van der Waals surface area contributed by atoms with Crippen molar-refractivity contribution in [1.82, 2.24) is 9.97 Å². The molecule has 0 amide bonds. The van der Waals surface area contributed by atoms with Gasteiger partial charge in [0.25, 0.3) is 0 Å². The maximum absolute atomic E-state index is 4.44. The first-order valence-electron chi connectivity index (χ1n) is 6.53. The molecule has 3 nitrogen and oxygen atoms in total. The van der Waals surface area contributed by atoms with E-state index < -0.39 is 0 Å². The van der Waals surface area contributed by atoms with Gasteiger partial charge in [-0.05, 0) is 17.2 Å². The van der Waals surface area contributed by atoms with Gasteiger partial charge in [-0.3, -0.25) is 0 Å². The number of benzene rings is 2. The molecular formula is C17H15N3. The van der Waals surface area contributed by atoms with Crippen LogP contribution in [0.15, 0.2) is 66.9 Å². The van der Waals surface area contributed by atoms with Crippen LogP contribution in [-0.2, 0) is 0 Å². The average molecular weight is 261 g/mol. The summed E-state index contributed by atoms with van der Waals surface area (Å²) in [4.78, 5) is 8.57. The lowest BCUT2D eigenvalue weighted by Gasteiger charge is -2.05. The van der Waals surface area contributed by atoms with Crippen LogP contribution in [-0.4, -0.2) is 17.0 Å². The summed E-state index contributed by atoms with van der Waals surface area (Å²) in [5, 5.41) is 2.95. The largest absolute Gasteiger partial charge is 0.357 e. The molecule has 0 spiro atoms. The Balaban J connectivity index is 1.93. The van der Waals surface area contributed by atoms with Gasteiger partial charge in [0, 0.05) is 18.8 Å². The van der Waals surface area contributed by atoms with Gasteiger partial charge in [-0.15, -0.1) is 0 Å². The smallest absolute Gasteiger partial charge is 0.222 e. The van der Waals surface area contributed by atoms with Gasteiger partial charge in [0.15, 0.2) is 0 Å². The van der Waals surface area contributed by atoms with E-state index in [4.69, 9.17) is 0 Å². The van der Waals surface area contributed by atoms with E-state index in [0.717, 1.165) is 11.3 Å². The van der Waals surface area contributed by atoms with E-state index in [1.165, 1.54) is 11.1 Å². The van der Waals surface area contributed by atoms with Gasteiger partial charge in [0.1, 0.15) is 0 Å². The maximum atomic E-state index is 4.44. The number of nitrogens with one attached hydrogen (secondary N) is 1. The third-order valence-corrected chi connectivity index (χ3v) is 3.17. The molecule has 0 bridgehead atoms. The summed E-state index contributed by atoms with van der Waals surface area (Å²) in [5.41, 5.74) is 4.43. The van der Waals surface area contributed by atoms with Crippen molar-refractivity contribution in [2.24, 2.45) is 0 Å². The number of hydrogen-bond donors (Lipinski definition) is 1. The summed E-state index contributed by atoms with van der Waals surface area (Å²) in [7, 11) is 1.82. The number of nitrogens with zero attached hydrogens (tertiary/aromatic N) is 2. The Morgan fingerprint density at radius 1 is 0.750 bits per heavy atom. The monoisotopic (exact) mass is 261 g/mol. The lowest BCUT2D eigenvalue weighted by atomic mass is 10.0. The van der Waals surface area contributed by atoms with Crippen molar-refractivity contribution in [2.45, 2.75) is 0 Å². The second kappa shape index (κ2) is 5.53. The molecule has 0 aliphatic rings. The third kappa shape index (κ3) is 2.52. The van der Waals surface area contributed by atoms with Gasteiger partial charge in [-0.1, -0.05) is 54.6 Å². The fourth-order valence-electron chi connectivity index (χ4n) is 2.10. The lowest BCUT2D eigenvalue weighted by Crippen LogP contribution is -1.96. The molecule has 0 unspecified atom stereocenters. The van der Waals surface area contributed by atoms with Crippen molar-refractivity contribution in [3.63, 3.8) is 0 Å². The minimum atomic E-state index is 0.634. The molecule has 1 N–H and O–H groups in total. The van der Waals surface area contributed by atoms with Gasteiger partial charge >= 0.3 is 0 Å². The van der Waals surface area contributed by atoms with E-state index in [1.807, 2.05) is 31.3 Å². The predicted molar refractivity (Wildman–Crippen MR) is 82.5 cm³/mol. The highest BCUT2D eigenvalue weighted by molar-refractivity contribution is 5.68. The zero-order valence-corrected chi connectivity index (χ0v) is 11.2. The Kier molecular flexibility index (Phi) is 3.42. The summed E-state index contributed by atoms with van der Waals surface area (Å²) in [5.74, 6) is 0.634. The molecule has 0 saturated heterocycles. The van der Waals surface area contributed by atoms with Gasteiger partial charge in [0.05, 0.1) is 5.69 Å². The molecule has 1 aromatic heterocycles. The summed E-state index contributed by atoms with van der Waals surface area (Å²) in [6, 6.07) is 20.7. The van der Waals surface area contributed by atoms with Crippen molar-refractivity contribution in [3.8, 4) is 22.4 Å². The minimum absolute atomic E-state index is 0.634. The van der Waals surface area contributed by atoms with Crippen LogP contribution in [0.3, 0.4) is 0 Å². The summed E-state index contributed by atoms with van der Waals surface area (Å²) < 4.78 is 0. The standard InChI is InChI=1S/C17H15N3/c1-18-17-19-12-11-16(20-17)15-9-7-14(8-10-15)13-5-3-2-4-6-13/h2-12H,1H3,(H,18,19,20). The first-order valence-corrected chi connectivity index (χ1v) is 6.53. The van der Waals surface area contributed by atoms with Crippen molar-refractivity contribution in [2.75, 3.05) is 12.4 Å². The molecule has 20 heavy (non-hydrogen) atoms. The first kappa shape index (κ1) is 12.4. The molecule has 0 fully saturated rings. The highest BCUT2D eigenvalue weighted by Gasteiger charge is 2.02. The molecule has 3 aromatic rings. The number of hydrogen-bond acceptors (Lipinski definition) is 3. The predicted octanol–water partition coefficient (Wildman–Crippen LogP) is 3.85. The van der Waals surface area contributed by atoms with Gasteiger partial charge in [-0.25, -0.2) is 9.97 Å². The quantitative estimate of drug-likeness (QED) is 0.778. The zero-order chi connectivity index (χ0) is 13.8. The second-order valence-electron chi connectivity index (χ2n) is 4.46. The van der Waals surface area contributed by atoms with Gasteiger partial charge < -0.3 is 5.32 Å². The molecule has 98 valence electrons. The average Bonchev–Trinajstić information content (AvgIpc) is 2.56. The summed E-state index contributed by atoms with van der Waals surface area (Å²) in [6.07, 6.45) is 1.76. The summed E-state index contributed by atoms with van der Waals surface area (Å²) >= 11 is 0. The Bertz CT molecular complexity index is 691. The summed E-state index contributed by atoms with van der Waals surface area (Å²) in [6.45, 7) is 0. The Morgan fingerprint density at radius 2 is 1.40 bits per heavy atom. The van der Waals surface area contributed by atoms with E-state index in [9.17, 15) is 0 Å². The fourth-order valence-corrected chi connectivity index (χ4v) is 2.10. The molecule has 2 aromatic carbocycles. The number of rotatable bonds is 3. The van der Waals surface area contributed by atoms with Crippen molar-refractivity contribution in [1.29, 1.82) is 0 Å². The van der Waals surface area contributed by atoms with Crippen molar-refractivity contribution < 1.29 is 0 Å². The van der Waals surface area contributed by atoms with Crippen molar-refractivity contribution in [3.05, 3.63) is 66.9 Å². The van der Waals surface area contributed by atoms with Crippen LogP contribution in [0, 0.1) is 0 Å². The van der Waals surface area contributed by atoms with E-state index in [1.54, 1.807) is 6.20 Å². The molecule has 3 heteroatoms. The minimum Gasteiger partial charge on any atom is -0.357 e. The normalized spacial score (nSPS) is 10.2. The van der Waals surface area contributed by atoms with Crippen LogP contribution < -0.4 is 5.32 Å². The lowest BCUT2D eigenvalue weighted by molar-refractivity contribution is 1.15. The second-order valence-corrected chi connectivity index (χ2v) is 4.46. The van der Waals surface area contributed by atoms with Gasteiger partial charge in [-0.2, -0.15) is 0 Å². The SMILES string of the molecule is CNc1nccc(-c2ccc(-c3ccccc3)cc2)n1.